The van der Waals surface area contributed by atoms with Crippen molar-refractivity contribution in [3.63, 3.8) is 0 Å². The molecule has 1 N–H and O–H groups in total. The molecule has 0 spiro atoms. The minimum atomic E-state index is -0.222. The molecular weight excluding hydrogens is 389 g/mol. The lowest BCUT2D eigenvalue weighted by Crippen LogP contribution is -2.09. The summed E-state index contributed by atoms with van der Waals surface area (Å²) >= 11 is 4.29. The zero-order valence-electron chi connectivity index (χ0n) is 13.8. The maximum atomic E-state index is 13.7. The van der Waals surface area contributed by atoms with E-state index < -0.39 is 0 Å². The van der Waals surface area contributed by atoms with Crippen LogP contribution in [0.15, 0.2) is 34.7 Å². The van der Waals surface area contributed by atoms with Crippen LogP contribution in [-0.4, -0.2) is 16.1 Å². The summed E-state index contributed by atoms with van der Waals surface area (Å²) in [5.41, 5.74) is 1.94. The molecular formula is C18H16FN3OS3. The van der Waals surface area contributed by atoms with Crippen molar-refractivity contribution in [3.05, 3.63) is 57.0 Å². The van der Waals surface area contributed by atoms with Gasteiger partial charge in [0.2, 0.25) is 5.13 Å². The summed E-state index contributed by atoms with van der Waals surface area (Å²) in [6, 6.07) is 8.69. The molecule has 1 amide bonds. The van der Waals surface area contributed by atoms with E-state index in [2.05, 4.69) is 15.5 Å². The number of halogens is 1. The first kappa shape index (κ1) is 17.6. The molecule has 0 aliphatic heterocycles. The molecule has 0 radical (unpaired) electrons. The number of benzene rings is 1. The summed E-state index contributed by atoms with van der Waals surface area (Å²) in [7, 11) is 0. The fraction of sp³-hybridized carbons (Fsp3) is 0.278. The van der Waals surface area contributed by atoms with Crippen molar-refractivity contribution in [3.8, 4) is 0 Å². The highest BCUT2D eigenvalue weighted by Gasteiger charge is 2.18. The molecule has 4 rings (SSSR count). The predicted molar refractivity (Wildman–Crippen MR) is 105 cm³/mol. The van der Waals surface area contributed by atoms with E-state index >= 15 is 0 Å². The van der Waals surface area contributed by atoms with Gasteiger partial charge in [0, 0.05) is 10.6 Å². The van der Waals surface area contributed by atoms with Crippen LogP contribution >= 0.6 is 34.4 Å². The Balaban J connectivity index is 1.38. The van der Waals surface area contributed by atoms with Gasteiger partial charge in [0.05, 0.1) is 4.88 Å². The number of aromatic nitrogens is 2. The lowest BCUT2D eigenvalue weighted by atomic mass is 9.99. The fourth-order valence-electron chi connectivity index (χ4n) is 2.83. The predicted octanol–water partition coefficient (Wildman–Crippen LogP) is 5.16. The Morgan fingerprint density at radius 2 is 2.04 bits per heavy atom. The molecule has 2 aromatic heterocycles. The second-order valence-electron chi connectivity index (χ2n) is 5.97. The Morgan fingerprint density at radius 1 is 1.19 bits per heavy atom. The fourth-order valence-corrected chi connectivity index (χ4v) is 5.72. The van der Waals surface area contributed by atoms with Gasteiger partial charge in [-0.25, -0.2) is 4.39 Å². The van der Waals surface area contributed by atoms with Crippen molar-refractivity contribution in [2.24, 2.45) is 0 Å². The molecule has 0 saturated carbocycles. The van der Waals surface area contributed by atoms with E-state index in [1.165, 1.54) is 52.4 Å². The van der Waals surface area contributed by atoms with Crippen LogP contribution < -0.4 is 5.32 Å². The average Bonchev–Trinajstić information content (AvgIpc) is 3.27. The third-order valence-corrected chi connectivity index (χ3v) is 7.41. The largest absolute Gasteiger partial charge is 0.296 e. The van der Waals surface area contributed by atoms with E-state index in [-0.39, 0.29) is 11.7 Å². The summed E-state index contributed by atoms with van der Waals surface area (Å²) in [6.45, 7) is 0. The summed E-state index contributed by atoms with van der Waals surface area (Å²) in [5, 5.41) is 11.4. The van der Waals surface area contributed by atoms with Gasteiger partial charge < -0.3 is 0 Å². The number of anilines is 1. The number of hydrogen-bond acceptors (Lipinski definition) is 6. The van der Waals surface area contributed by atoms with Crippen LogP contribution in [0.4, 0.5) is 9.52 Å². The van der Waals surface area contributed by atoms with E-state index in [0.717, 1.165) is 17.7 Å². The average molecular weight is 406 g/mol. The molecule has 4 nitrogen and oxygen atoms in total. The SMILES string of the molecule is O=C(Nc1nnc(SCc2ccccc2F)s1)c1cc2c(s1)CCCC2. The van der Waals surface area contributed by atoms with Crippen molar-refractivity contribution in [1.29, 1.82) is 0 Å². The first-order valence-corrected chi connectivity index (χ1v) is 10.9. The Morgan fingerprint density at radius 3 is 2.88 bits per heavy atom. The highest BCUT2D eigenvalue weighted by Crippen LogP contribution is 2.32. The Kier molecular flexibility index (Phi) is 5.33. The number of aryl methyl sites for hydroxylation is 2. The van der Waals surface area contributed by atoms with Gasteiger partial charge in [-0.05, 0) is 48.9 Å². The topological polar surface area (TPSA) is 54.9 Å². The minimum absolute atomic E-state index is 0.133. The lowest BCUT2D eigenvalue weighted by molar-refractivity contribution is 0.103. The van der Waals surface area contributed by atoms with Gasteiger partial charge in [-0.2, -0.15) is 0 Å². The Labute approximate surface area is 162 Å². The molecule has 0 atom stereocenters. The van der Waals surface area contributed by atoms with Crippen LogP contribution in [0.3, 0.4) is 0 Å². The van der Waals surface area contributed by atoms with Gasteiger partial charge in [-0.3, -0.25) is 10.1 Å². The van der Waals surface area contributed by atoms with Gasteiger partial charge in [-0.1, -0.05) is 41.3 Å². The molecule has 8 heteroatoms. The number of carbonyl (C=O) groups excluding carboxylic acids is 1. The molecule has 0 bridgehead atoms. The zero-order chi connectivity index (χ0) is 17.9. The summed E-state index contributed by atoms with van der Waals surface area (Å²) in [4.78, 5) is 14.5. The number of thiophene rings is 1. The number of carbonyl (C=O) groups is 1. The maximum absolute atomic E-state index is 13.7. The second kappa shape index (κ2) is 7.85. The zero-order valence-corrected chi connectivity index (χ0v) is 16.3. The van der Waals surface area contributed by atoms with Crippen LogP contribution in [-0.2, 0) is 18.6 Å². The number of rotatable bonds is 5. The quantitative estimate of drug-likeness (QED) is 0.470. The molecule has 2 heterocycles. The van der Waals surface area contributed by atoms with E-state index in [4.69, 9.17) is 0 Å². The molecule has 1 aliphatic rings. The van der Waals surface area contributed by atoms with Gasteiger partial charge in [0.1, 0.15) is 5.82 Å². The van der Waals surface area contributed by atoms with E-state index in [9.17, 15) is 9.18 Å². The van der Waals surface area contributed by atoms with Gasteiger partial charge in [0.15, 0.2) is 4.34 Å². The molecule has 134 valence electrons. The summed E-state index contributed by atoms with van der Waals surface area (Å²) in [6.07, 6.45) is 4.54. The second-order valence-corrected chi connectivity index (χ2v) is 9.31. The Bertz CT molecular complexity index is 914. The van der Waals surface area contributed by atoms with Crippen LogP contribution in [0.25, 0.3) is 0 Å². The minimum Gasteiger partial charge on any atom is -0.296 e. The smallest absolute Gasteiger partial charge is 0.267 e. The summed E-state index contributed by atoms with van der Waals surface area (Å²) < 4.78 is 14.4. The third kappa shape index (κ3) is 3.97. The van der Waals surface area contributed by atoms with Crippen molar-refractivity contribution in [2.45, 2.75) is 35.8 Å². The monoisotopic (exact) mass is 405 g/mol. The highest BCUT2D eigenvalue weighted by molar-refractivity contribution is 8.00. The third-order valence-electron chi connectivity index (χ3n) is 4.16. The standard InChI is InChI=1S/C18H16FN3OS3/c19-13-7-3-1-6-12(13)10-24-18-22-21-17(26-18)20-16(23)15-9-11-5-2-4-8-14(11)25-15/h1,3,6-7,9H,2,4-5,8,10H2,(H,20,21,23). The van der Waals surface area contributed by atoms with Gasteiger partial charge in [-0.15, -0.1) is 21.5 Å². The number of thioether (sulfide) groups is 1. The molecule has 3 aromatic rings. The first-order chi connectivity index (χ1) is 12.7. The molecule has 26 heavy (non-hydrogen) atoms. The normalized spacial score (nSPS) is 13.4. The van der Waals surface area contributed by atoms with Gasteiger partial charge >= 0.3 is 0 Å². The number of hydrogen-bond donors (Lipinski definition) is 1. The van der Waals surface area contributed by atoms with Crippen LogP contribution in [0.2, 0.25) is 0 Å². The summed E-state index contributed by atoms with van der Waals surface area (Å²) in [5.74, 6) is 0.123. The molecule has 1 aromatic carbocycles. The molecule has 0 fully saturated rings. The van der Waals surface area contributed by atoms with Crippen LogP contribution in [0, 0.1) is 5.82 Å². The lowest BCUT2D eigenvalue weighted by Gasteiger charge is -2.08. The van der Waals surface area contributed by atoms with Crippen LogP contribution in [0.1, 0.15) is 38.5 Å². The van der Waals surface area contributed by atoms with Crippen molar-refractivity contribution in [1.82, 2.24) is 10.2 Å². The van der Waals surface area contributed by atoms with Crippen molar-refractivity contribution >= 4 is 45.5 Å². The number of nitrogens with zero attached hydrogens (tertiary/aromatic N) is 2. The highest BCUT2D eigenvalue weighted by atomic mass is 32.2. The van der Waals surface area contributed by atoms with Crippen LogP contribution in [0.5, 0.6) is 0 Å². The molecule has 1 aliphatic carbocycles. The van der Waals surface area contributed by atoms with E-state index in [0.29, 0.717) is 20.8 Å². The molecule has 0 saturated heterocycles. The number of nitrogens with one attached hydrogen (secondary N) is 1. The Hall–Kier alpha value is -1.77. The van der Waals surface area contributed by atoms with Crippen molar-refractivity contribution in [2.75, 3.05) is 5.32 Å². The van der Waals surface area contributed by atoms with Gasteiger partial charge in [0.25, 0.3) is 5.91 Å². The molecule has 0 unspecified atom stereocenters. The van der Waals surface area contributed by atoms with E-state index in [1.807, 2.05) is 12.1 Å². The van der Waals surface area contributed by atoms with Crippen molar-refractivity contribution < 1.29 is 9.18 Å². The number of fused-ring (bicyclic) bond motifs is 1. The maximum Gasteiger partial charge on any atom is 0.267 e. The first-order valence-electron chi connectivity index (χ1n) is 8.31. The number of amides is 1. The van der Waals surface area contributed by atoms with E-state index in [1.54, 1.807) is 23.5 Å².